The van der Waals surface area contributed by atoms with Crippen molar-refractivity contribution in [2.24, 2.45) is 5.14 Å². The highest BCUT2D eigenvalue weighted by molar-refractivity contribution is 7.82. The smallest absolute Gasteiger partial charge is 0.122 e. The standard InChI is InChI=1S/C7H9NO2S/c1-5-2-3-6(9)4-7(5)11(8)10/h2-4,9H,8H2,1H3. The van der Waals surface area contributed by atoms with Crippen molar-refractivity contribution in [3.63, 3.8) is 0 Å². The average molecular weight is 171 g/mol. The van der Waals surface area contributed by atoms with Gasteiger partial charge in [-0.3, -0.25) is 0 Å². The van der Waals surface area contributed by atoms with Crippen molar-refractivity contribution in [1.82, 2.24) is 0 Å². The molecule has 1 unspecified atom stereocenters. The third-order valence-electron chi connectivity index (χ3n) is 1.39. The fourth-order valence-corrected chi connectivity index (χ4v) is 1.43. The molecule has 0 saturated carbocycles. The fraction of sp³-hybridized carbons (Fsp3) is 0.143. The maximum absolute atomic E-state index is 10.8. The van der Waals surface area contributed by atoms with Gasteiger partial charge in [-0.15, -0.1) is 0 Å². The lowest BCUT2D eigenvalue weighted by Crippen LogP contribution is -2.04. The molecule has 0 aliphatic carbocycles. The van der Waals surface area contributed by atoms with Crippen LogP contribution in [0.15, 0.2) is 23.1 Å². The van der Waals surface area contributed by atoms with Crippen LogP contribution >= 0.6 is 0 Å². The van der Waals surface area contributed by atoms with Crippen LogP contribution in [0.25, 0.3) is 0 Å². The quantitative estimate of drug-likeness (QED) is 0.652. The number of nitrogens with two attached hydrogens (primary N) is 1. The van der Waals surface area contributed by atoms with E-state index in [1.54, 1.807) is 13.0 Å². The highest BCUT2D eigenvalue weighted by Crippen LogP contribution is 2.17. The van der Waals surface area contributed by atoms with E-state index in [-0.39, 0.29) is 5.75 Å². The van der Waals surface area contributed by atoms with Crippen molar-refractivity contribution >= 4 is 11.0 Å². The van der Waals surface area contributed by atoms with Crippen LogP contribution < -0.4 is 5.14 Å². The lowest BCUT2D eigenvalue weighted by Gasteiger charge is -2.00. The Bertz CT molecular complexity index is 298. The predicted molar refractivity (Wildman–Crippen MR) is 43.4 cm³/mol. The molecule has 11 heavy (non-hydrogen) atoms. The van der Waals surface area contributed by atoms with E-state index in [4.69, 9.17) is 10.2 Å². The Morgan fingerprint density at radius 3 is 2.64 bits per heavy atom. The van der Waals surface area contributed by atoms with Crippen LogP contribution in [0.1, 0.15) is 5.56 Å². The highest BCUT2D eigenvalue weighted by Gasteiger charge is 2.02. The molecule has 0 heterocycles. The fourth-order valence-electron chi connectivity index (χ4n) is 0.806. The molecule has 0 radical (unpaired) electrons. The summed E-state index contributed by atoms with van der Waals surface area (Å²) in [5.41, 5.74) is 0.823. The first-order valence-electron chi connectivity index (χ1n) is 3.07. The molecule has 1 atom stereocenters. The topological polar surface area (TPSA) is 63.3 Å². The Kier molecular flexibility index (Phi) is 2.26. The first-order valence-corrected chi connectivity index (χ1v) is 4.28. The average Bonchev–Trinajstić information content (AvgIpc) is 1.94. The molecule has 0 aliphatic rings. The van der Waals surface area contributed by atoms with Gasteiger partial charge in [-0.1, -0.05) is 6.07 Å². The predicted octanol–water partition coefficient (Wildman–Crippen LogP) is 0.682. The molecule has 0 aliphatic heterocycles. The van der Waals surface area contributed by atoms with E-state index in [2.05, 4.69) is 0 Å². The molecule has 60 valence electrons. The second-order valence-corrected chi connectivity index (χ2v) is 3.28. The van der Waals surface area contributed by atoms with E-state index in [0.29, 0.717) is 4.90 Å². The van der Waals surface area contributed by atoms with Crippen LogP contribution in [0.2, 0.25) is 0 Å². The molecule has 4 heteroatoms. The summed E-state index contributed by atoms with van der Waals surface area (Å²) in [5, 5.41) is 14.1. The molecule has 0 fully saturated rings. The van der Waals surface area contributed by atoms with Gasteiger partial charge in [0, 0.05) is 0 Å². The molecule has 0 saturated heterocycles. The van der Waals surface area contributed by atoms with Crippen LogP contribution in [0, 0.1) is 6.92 Å². The van der Waals surface area contributed by atoms with Crippen molar-refractivity contribution in [3.8, 4) is 5.75 Å². The third kappa shape index (κ3) is 1.78. The maximum atomic E-state index is 10.8. The molecule has 1 rings (SSSR count). The summed E-state index contributed by atoms with van der Waals surface area (Å²) < 4.78 is 10.8. The lowest BCUT2D eigenvalue weighted by molar-refractivity contribution is 0.473. The molecular weight excluding hydrogens is 162 g/mol. The number of phenolic OH excluding ortho intramolecular Hbond substituents is 1. The van der Waals surface area contributed by atoms with Gasteiger partial charge in [0.05, 0.1) is 4.90 Å². The Morgan fingerprint density at radius 1 is 1.55 bits per heavy atom. The van der Waals surface area contributed by atoms with Crippen molar-refractivity contribution in [3.05, 3.63) is 23.8 Å². The van der Waals surface area contributed by atoms with Crippen LogP contribution in [0.5, 0.6) is 5.75 Å². The Morgan fingerprint density at radius 2 is 2.18 bits per heavy atom. The second-order valence-electron chi connectivity index (χ2n) is 2.25. The van der Waals surface area contributed by atoms with Gasteiger partial charge in [0.2, 0.25) is 0 Å². The first-order chi connectivity index (χ1) is 5.11. The summed E-state index contributed by atoms with van der Waals surface area (Å²) in [6, 6.07) is 4.62. The molecule has 0 amide bonds. The van der Waals surface area contributed by atoms with Gasteiger partial charge in [-0.2, -0.15) is 0 Å². The van der Waals surface area contributed by atoms with Gasteiger partial charge in [-0.05, 0) is 24.6 Å². The number of phenols is 1. The highest BCUT2D eigenvalue weighted by atomic mass is 32.2. The number of aryl methyl sites for hydroxylation is 1. The van der Waals surface area contributed by atoms with Gasteiger partial charge < -0.3 is 5.11 Å². The SMILES string of the molecule is Cc1ccc(O)cc1S(N)=O. The van der Waals surface area contributed by atoms with Gasteiger partial charge in [0.25, 0.3) is 0 Å². The molecule has 0 bridgehead atoms. The van der Waals surface area contributed by atoms with Crippen LogP contribution in [-0.4, -0.2) is 9.32 Å². The van der Waals surface area contributed by atoms with Crippen LogP contribution in [-0.2, 0) is 11.0 Å². The minimum absolute atomic E-state index is 0.0874. The summed E-state index contributed by atoms with van der Waals surface area (Å²) >= 11 is 0. The molecule has 3 N–H and O–H groups in total. The van der Waals surface area contributed by atoms with Gasteiger partial charge in [0.1, 0.15) is 16.7 Å². The second kappa shape index (κ2) is 3.02. The number of rotatable bonds is 1. The molecular formula is C7H9NO2S. The minimum Gasteiger partial charge on any atom is -0.508 e. The van der Waals surface area contributed by atoms with Crippen LogP contribution in [0.3, 0.4) is 0 Å². The number of hydrogen-bond donors (Lipinski definition) is 2. The number of aromatic hydroxyl groups is 1. The summed E-state index contributed by atoms with van der Waals surface area (Å²) in [6.07, 6.45) is 0. The minimum atomic E-state index is -1.51. The summed E-state index contributed by atoms with van der Waals surface area (Å²) in [5.74, 6) is 0.0874. The Hall–Kier alpha value is -0.870. The van der Waals surface area contributed by atoms with E-state index in [9.17, 15) is 4.21 Å². The van der Waals surface area contributed by atoms with Crippen molar-refractivity contribution in [2.45, 2.75) is 11.8 Å². The zero-order valence-corrected chi connectivity index (χ0v) is 6.89. The first kappa shape index (κ1) is 8.23. The largest absolute Gasteiger partial charge is 0.508 e. The van der Waals surface area contributed by atoms with Gasteiger partial charge in [0.15, 0.2) is 0 Å². The molecule has 0 spiro atoms. The van der Waals surface area contributed by atoms with E-state index in [0.717, 1.165) is 5.56 Å². The van der Waals surface area contributed by atoms with Gasteiger partial charge >= 0.3 is 0 Å². The normalized spacial score (nSPS) is 12.9. The Balaban J connectivity index is 3.23. The van der Waals surface area contributed by atoms with Crippen LogP contribution in [0.4, 0.5) is 0 Å². The summed E-state index contributed by atoms with van der Waals surface area (Å²) in [7, 11) is -1.51. The molecule has 0 aromatic heterocycles. The molecule has 3 nitrogen and oxygen atoms in total. The lowest BCUT2D eigenvalue weighted by atomic mass is 10.2. The number of benzene rings is 1. The van der Waals surface area contributed by atoms with Crippen molar-refractivity contribution in [2.75, 3.05) is 0 Å². The third-order valence-corrected chi connectivity index (χ3v) is 2.26. The van der Waals surface area contributed by atoms with E-state index >= 15 is 0 Å². The van der Waals surface area contributed by atoms with Crippen molar-refractivity contribution < 1.29 is 9.32 Å². The Labute approximate surface area is 67.4 Å². The summed E-state index contributed by atoms with van der Waals surface area (Å²) in [4.78, 5) is 0.477. The van der Waals surface area contributed by atoms with E-state index in [1.165, 1.54) is 12.1 Å². The molecule has 1 aromatic rings. The van der Waals surface area contributed by atoms with E-state index in [1.807, 2.05) is 0 Å². The molecule has 1 aromatic carbocycles. The number of hydrogen-bond acceptors (Lipinski definition) is 2. The van der Waals surface area contributed by atoms with Gasteiger partial charge in [-0.25, -0.2) is 9.35 Å². The zero-order valence-electron chi connectivity index (χ0n) is 6.07. The van der Waals surface area contributed by atoms with Crippen molar-refractivity contribution in [1.29, 1.82) is 0 Å². The monoisotopic (exact) mass is 171 g/mol. The summed E-state index contributed by atoms with van der Waals surface area (Å²) in [6.45, 7) is 1.79. The maximum Gasteiger partial charge on any atom is 0.122 e. The zero-order chi connectivity index (χ0) is 8.43. The van der Waals surface area contributed by atoms with E-state index < -0.39 is 11.0 Å².